The third kappa shape index (κ3) is 5.68. The summed E-state index contributed by atoms with van der Waals surface area (Å²) in [5.74, 6) is -0.939. The minimum Gasteiger partial charge on any atom is -0.452 e. The molecule has 0 unspecified atom stereocenters. The van der Waals surface area contributed by atoms with Gasteiger partial charge in [-0.3, -0.25) is 4.79 Å². The molecule has 0 bridgehead atoms. The number of aryl methyl sites for hydroxylation is 1. The van der Waals surface area contributed by atoms with Crippen molar-refractivity contribution < 1.29 is 14.3 Å². The fraction of sp³-hybridized carbons (Fsp3) is 0.0833. The van der Waals surface area contributed by atoms with Gasteiger partial charge in [0, 0.05) is 11.8 Å². The number of ether oxygens (including phenoxy) is 1. The molecule has 0 saturated heterocycles. The number of amides is 1. The van der Waals surface area contributed by atoms with Gasteiger partial charge >= 0.3 is 5.97 Å². The number of benzene rings is 3. The highest BCUT2D eigenvalue weighted by Crippen LogP contribution is 2.19. The molecule has 3 aromatic carbocycles. The number of rotatable bonds is 6. The zero-order chi connectivity index (χ0) is 19.8. The number of carbonyl (C=O) groups excluding carboxylic acids is 2. The lowest BCUT2D eigenvalue weighted by Gasteiger charge is -2.06. The SMILES string of the molecule is Cc1cccc(NC(=O)COC(=O)/C=C/c2ccc(-c3ccccc3)cc2)c1. The third-order valence-electron chi connectivity index (χ3n) is 4.08. The molecule has 1 N–H and O–H groups in total. The molecule has 4 nitrogen and oxygen atoms in total. The zero-order valence-electron chi connectivity index (χ0n) is 15.6. The average Bonchev–Trinajstić information content (AvgIpc) is 2.72. The smallest absolute Gasteiger partial charge is 0.331 e. The van der Waals surface area contributed by atoms with E-state index in [1.165, 1.54) is 6.08 Å². The van der Waals surface area contributed by atoms with Crippen LogP contribution < -0.4 is 5.32 Å². The number of nitrogens with one attached hydrogen (secondary N) is 1. The van der Waals surface area contributed by atoms with Crippen LogP contribution in [0, 0.1) is 6.92 Å². The van der Waals surface area contributed by atoms with E-state index in [0.29, 0.717) is 5.69 Å². The van der Waals surface area contributed by atoms with Gasteiger partial charge in [0.05, 0.1) is 0 Å². The fourth-order valence-corrected chi connectivity index (χ4v) is 2.69. The van der Waals surface area contributed by atoms with E-state index in [0.717, 1.165) is 22.3 Å². The minimum absolute atomic E-state index is 0.329. The lowest BCUT2D eigenvalue weighted by molar-refractivity contribution is -0.142. The summed E-state index contributed by atoms with van der Waals surface area (Å²) in [6.07, 6.45) is 2.98. The highest BCUT2D eigenvalue weighted by atomic mass is 16.5. The van der Waals surface area contributed by atoms with Crippen LogP contribution in [0.15, 0.2) is 84.9 Å². The lowest BCUT2D eigenvalue weighted by Crippen LogP contribution is -2.20. The Morgan fingerprint density at radius 1 is 0.893 bits per heavy atom. The van der Waals surface area contributed by atoms with E-state index in [1.807, 2.05) is 79.7 Å². The largest absolute Gasteiger partial charge is 0.452 e. The predicted octanol–water partition coefficient (Wildman–Crippen LogP) is 4.86. The van der Waals surface area contributed by atoms with Crippen molar-refractivity contribution in [2.45, 2.75) is 6.92 Å². The van der Waals surface area contributed by atoms with Gasteiger partial charge in [0.25, 0.3) is 5.91 Å². The molecule has 0 saturated carbocycles. The Balaban J connectivity index is 1.49. The average molecular weight is 371 g/mol. The lowest BCUT2D eigenvalue weighted by atomic mass is 10.0. The molecule has 0 heterocycles. The summed E-state index contributed by atoms with van der Waals surface area (Å²) < 4.78 is 4.98. The van der Waals surface area contributed by atoms with E-state index in [-0.39, 0.29) is 12.5 Å². The van der Waals surface area contributed by atoms with Crippen LogP contribution in [-0.2, 0) is 14.3 Å². The van der Waals surface area contributed by atoms with E-state index >= 15 is 0 Å². The number of carbonyl (C=O) groups is 2. The van der Waals surface area contributed by atoms with Crippen LogP contribution in [0.5, 0.6) is 0 Å². The maximum Gasteiger partial charge on any atom is 0.331 e. The molecule has 140 valence electrons. The molecule has 0 radical (unpaired) electrons. The van der Waals surface area contributed by atoms with Crippen LogP contribution in [0.4, 0.5) is 5.69 Å². The molecule has 4 heteroatoms. The zero-order valence-corrected chi connectivity index (χ0v) is 15.6. The van der Waals surface area contributed by atoms with E-state index in [4.69, 9.17) is 4.74 Å². The molecular formula is C24H21NO3. The molecule has 0 aliphatic heterocycles. The summed E-state index contributed by atoms with van der Waals surface area (Å²) in [4.78, 5) is 23.7. The van der Waals surface area contributed by atoms with Gasteiger partial charge in [0.15, 0.2) is 6.61 Å². The van der Waals surface area contributed by atoms with Gasteiger partial charge in [-0.15, -0.1) is 0 Å². The Morgan fingerprint density at radius 3 is 2.32 bits per heavy atom. The molecule has 0 fully saturated rings. The first-order chi connectivity index (χ1) is 13.6. The molecular weight excluding hydrogens is 350 g/mol. The van der Waals surface area contributed by atoms with Crippen LogP contribution in [-0.4, -0.2) is 18.5 Å². The van der Waals surface area contributed by atoms with E-state index < -0.39 is 5.97 Å². The monoisotopic (exact) mass is 371 g/mol. The van der Waals surface area contributed by atoms with Crippen molar-refractivity contribution in [1.82, 2.24) is 0 Å². The first kappa shape index (κ1) is 19.1. The standard InChI is InChI=1S/C24H21NO3/c1-18-6-5-9-22(16-18)25-23(26)17-28-24(27)15-12-19-10-13-21(14-11-19)20-7-3-2-4-8-20/h2-16H,17H2,1H3,(H,25,26)/b15-12+. The van der Waals surface area contributed by atoms with Gasteiger partial charge in [-0.05, 0) is 47.4 Å². The summed E-state index contributed by atoms with van der Waals surface area (Å²) in [5.41, 5.74) is 4.83. The second kappa shape index (κ2) is 9.33. The maximum atomic E-state index is 11.9. The first-order valence-corrected chi connectivity index (χ1v) is 8.97. The van der Waals surface area contributed by atoms with Gasteiger partial charge in [-0.1, -0.05) is 66.7 Å². The molecule has 0 atom stereocenters. The van der Waals surface area contributed by atoms with Crippen molar-refractivity contribution in [2.24, 2.45) is 0 Å². The molecule has 0 aromatic heterocycles. The molecule has 0 spiro atoms. The van der Waals surface area contributed by atoms with Gasteiger partial charge in [-0.25, -0.2) is 4.79 Å². The molecule has 3 aromatic rings. The second-order valence-electron chi connectivity index (χ2n) is 6.35. The van der Waals surface area contributed by atoms with Gasteiger partial charge < -0.3 is 10.1 Å². The predicted molar refractivity (Wildman–Crippen MR) is 112 cm³/mol. The van der Waals surface area contributed by atoms with Gasteiger partial charge in [0.2, 0.25) is 0 Å². The van der Waals surface area contributed by atoms with E-state index in [9.17, 15) is 9.59 Å². The van der Waals surface area contributed by atoms with Gasteiger partial charge in [0.1, 0.15) is 0 Å². The summed E-state index contributed by atoms with van der Waals surface area (Å²) in [5, 5.41) is 2.69. The summed E-state index contributed by atoms with van der Waals surface area (Å²) in [6.45, 7) is 1.61. The number of hydrogen-bond acceptors (Lipinski definition) is 3. The maximum absolute atomic E-state index is 11.9. The van der Waals surface area contributed by atoms with Crippen LogP contribution in [0.1, 0.15) is 11.1 Å². The molecule has 0 aliphatic rings. The third-order valence-corrected chi connectivity index (χ3v) is 4.08. The van der Waals surface area contributed by atoms with Crippen molar-refractivity contribution >= 4 is 23.6 Å². The summed E-state index contributed by atoms with van der Waals surface area (Å²) >= 11 is 0. The van der Waals surface area contributed by atoms with Crippen molar-refractivity contribution in [1.29, 1.82) is 0 Å². The Kier molecular flexibility index (Phi) is 6.37. The van der Waals surface area contributed by atoms with Gasteiger partial charge in [-0.2, -0.15) is 0 Å². The highest BCUT2D eigenvalue weighted by Gasteiger charge is 2.06. The van der Waals surface area contributed by atoms with Crippen LogP contribution in [0.3, 0.4) is 0 Å². The second-order valence-corrected chi connectivity index (χ2v) is 6.35. The van der Waals surface area contributed by atoms with Crippen molar-refractivity contribution in [3.63, 3.8) is 0 Å². The van der Waals surface area contributed by atoms with Crippen LogP contribution in [0.2, 0.25) is 0 Å². The Bertz CT molecular complexity index is 976. The Hall–Kier alpha value is -3.66. The topological polar surface area (TPSA) is 55.4 Å². The van der Waals surface area contributed by atoms with Crippen molar-refractivity contribution in [3.05, 3.63) is 96.1 Å². The Morgan fingerprint density at radius 2 is 1.61 bits per heavy atom. The number of anilines is 1. The summed E-state index contributed by atoms with van der Waals surface area (Å²) in [6, 6.07) is 25.3. The van der Waals surface area contributed by atoms with E-state index in [1.54, 1.807) is 12.1 Å². The molecule has 28 heavy (non-hydrogen) atoms. The minimum atomic E-state index is -0.563. The molecule has 0 aliphatic carbocycles. The highest BCUT2D eigenvalue weighted by molar-refractivity contribution is 5.94. The molecule has 3 rings (SSSR count). The van der Waals surface area contributed by atoms with Crippen LogP contribution >= 0.6 is 0 Å². The normalized spacial score (nSPS) is 10.6. The number of esters is 1. The van der Waals surface area contributed by atoms with Crippen LogP contribution in [0.25, 0.3) is 17.2 Å². The Labute approximate surface area is 164 Å². The fourth-order valence-electron chi connectivity index (χ4n) is 2.69. The number of hydrogen-bond donors (Lipinski definition) is 1. The molecule has 1 amide bonds. The van der Waals surface area contributed by atoms with E-state index in [2.05, 4.69) is 5.32 Å². The van der Waals surface area contributed by atoms with Crippen molar-refractivity contribution in [3.8, 4) is 11.1 Å². The summed E-state index contributed by atoms with van der Waals surface area (Å²) in [7, 11) is 0. The van der Waals surface area contributed by atoms with Crippen molar-refractivity contribution in [2.75, 3.05) is 11.9 Å². The first-order valence-electron chi connectivity index (χ1n) is 8.97. The quantitative estimate of drug-likeness (QED) is 0.497.